The van der Waals surface area contributed by atoms with Crippen LogP contribution in [0.3, 0.4) is 0 Å². The summed E-state index contributed by atoms with van der Waals surface area (Å²) in [5.41, 5.74) is 3.64. The number of piperazine rings is 1. The standard InChI is InChI=1S/C20H22FN7O/c1-12-7-17-24-18(14-8-15(21)19-23-13(2)9-27(19)10-14)25-20(29)28(17)11-16(12)26-5-3-22-4-6-26/h7-11,18,22H,3-6H2,1-2H3,(H,25,29). The molecule has 29 heavy (non-hydrogen) atoms. The number of urea groups is 1. The smallest absolute Gasteiger partial charge is 0.329 e. The fraction of sp³-hybridized carbons (Fsp3) is 0.350. The lowest BCUT2D eigenvalue weighted by Crippen LogP contribution is -2.49. The minimum Gasteiger partial charge on any atom is -0.368 e. The van der Waals surface area contributed by atoms with Gasteiger partial charge >= 0.3 is 6.03 Å². The van der Waals surface area contributed by atoms with Crippen LogP contribution in [0.15, 0.2) is 47.0 Å². The number of nitrogens with zero attached hydrogens (tertiary/aromatic N) is 5. The van der Waals surface area contributed by atoms with Crippen LogP contribution in [0.1, 0.15) is 24.3 Å². The van der Waals surface area contributed by atoms with Gasteiger partial charge < -0.3 is 19.9 Å². The lowest BCUT2D eigenvalue weighted by Gasteiger charge is -2.37. The molecule has 2 N–H and O–H groups in total. The van der Waals surface area contributed by atoms with Crippen LogP contribution in [0.5, 0.6) is 0 Å². The minimum absolute atomic E-state index is 0.264. The molecule has 3 aliphatic rings. The van der Waals surface area contributed by atoms with E-state index < -0.39 is 12.0 Å². The fourth-order valence-electron chi connectivity index (χ4n) is 3.98. The summed E-state index contributed by atoms with van der Waals surface area (Å²) in [4.78, 5) is 25.4. The summed E-state index contributed by atoms with van der Waals surface area (Å²) in [6.07, 6.45) is 6.60. The molecule has 5 rings (SSSR count). The summed E-state index contributed by atoms with van der Waals surface area (Å²) < 4.78 is 16.1. The molecular formula is C20H22FN7O. The lowest BCUT2D eigenvalue weighted by molar-refractivity contribution is 0.220. The number of carbonyl (C=O) groups excluding carboxylic acids is 1. The highest BCUT2D eigenvalue weighted by Crippen LogP contribution is 2.28. The van der Waals surface area contributed by atoms with Gasteiger partial charge in [-0.05, 0) is 31.6 Å². The van der Waals surface area contributed by atoms with Crippen molar-refractivity contribution >= 4 is 17.5 Å². The van der Waals surface area contributed by atoms with Crippen LogP contribution in [0.25, 0.3) is 5.65 Å². The van der Waals surface area contributed by atoms with Crippen molar-refractivity contribution in [1.29, 1.82) is 0 Å². The van der Waals surface area contributed by atoms with Crippen LogP contribution >= 0.6 is 0 Å². The molecule has 5 heterocycles. The summed E-state index contributed by atoms with van der Waals surface area (Å²) in [5.74, 6) is 0.112. The Morgan fingerprint density at radius 2 is 2.00 bits per heavy atom. The van der Waals surface area contributed by atoms with E-state index in [0.29, 0.717) is 11.4 Å². The van der Waals surface area contributed by atoms with E-state index in [1.165, 1.54) is 11.0 Å². The van der Waals surface area contributed by atoms with Gasteiger partial charge in [0.15, 0.2) is 17.6 Å². The third-order valence-corrected chi connectivity index (χ3v) is 5.41. The number of aryl methyl sites for hydroxylation is 1. The summed E-state index contributed by atoms with van der Waals surface area (Å²) >= 11 is 0. The molecule has 1 atom stereocenters. The van der Waals surface area contributed by atoms with Gasteiger partial charge in [0.05, 0.1) is 11.4 Å². The van der Waals surface area contributed by atoms with Crippen molar-refractivity contribution in [2.45, 2.75) is 20.0 Å². The van der Waals surface area contributed by atoms with Gasteiger partial charge in [-0.2, -0.15) is 0 Å². The predicted octanol–water partition coefficient (Wildman–Crippen LogP) is 1.91. The Bertz CT molecular complexity index is 1090. The zero-order chi connectivity index (χ0) is 20.1. The first-order valence-corrected chi connectivity index (χ1v) is 9.68. The number of aromatic nitrogens is 2. The summed E-state index contributed by atoms with van der Waals surface area (Å²) in [6.45, 7) is 7.46. The quantitative estimate of drug-likeness (QED) is 0.815. The summed E-state index contributed by atoms with van der Waals surface area (Å²) in [6, 6.07) is 1.10. The Hall–Kier alpha value is -3.20. The van der Waals surface area contributed by atoms with Crippen LogP contribution < -0.4 is 10.6 Å². The number of hydrogen-bond donors (Lipinski definition) is 2. The maximum absolute atomic E-state index is 14.5. The minimum atomic E-state index is -0.659. The van der Waals surface area contributed by atoms with Gasteiger partial charge in [0.2, 0.25) is 0 Å². The zero-order valence-electron chi connectivity index (χ0n) is 16.3. The highest BCUT2D eigenvalue weighted by atomic mass is 19.1. The molecule has 2 aromatic rings. The molecule has 0 bridgehead atoms. The van der Waals surface area contributed by atoms with Crippen LogP contribution in [-0.2, 0) is 0 Å². The molecule has 2 amide bonds. The lowest BCUT2D eigenvalue weighted by atomic mass is 10.1. The highest BCUT2D eigenvalue weighted by molar-refractivity contribution is 6.08. The van der Waals surface area contributed by atoms with Crippen molar-refractivity contribution in [3.63, 3.8) is 0 Å². The number of imidazole rings is 1. The average molecular weight is 395 g/mol. The molecule has 1 unspecified atom stereocenters. The van der Waals surface area contributed by atoms with Gasteiger partial charge in [-0.15, -0.1) is 0 Å². The third-order valence-electron chi connectivity index (χ3n) is 5.41. The van der Waals surface area contributed by atoms with Crippen molar-refractivity contribution in [2.24, 2.45) is 4.99 Å². The first-order valence-electron chi connectivity index (χ1n) is 9.68. The number of rotatable bonds is 2. The number of fused-ring (bicyclic) bond motifs is 2. The Kier molecular flexibility index (Phi) is 4.13. The SMILES string of the molecule is CC1=CC2=NC(c3cc(F)c4nc(C)cn4c3)NC(=O)N2C=C1N1CCNCC1. The second-order valence-electron chi connectivity index (χ2n) is 7.52. The second kappa shape index (κ2) is 6.70. The number of nitrogens with one attached hydrogen (secondary N) is 2. The van der Waals surface area contributed by atoms with Crippen molar-refractivity contribution in [2.75, 3.05) is 26.2 Å². The van der Waals surface area contributed by atoms with E-state index in [0.717, 1.165) is 43.1 Å². The Morgan fingerprint density at radius 1 is 1.21 bits per heavy atom. The van der Waals surface area contributed by atoms with Crippen molar-refractivity contribution in [3.05, 3.63) is 59.1 Å². The first-order chi connectivity index (χ1) is 14.0. The largest absolute Gasteiger partial charge is 0.368 e. The number of halogens is 1. The number of aliphatic imine (C=N–C) groups is 1. The fourth-order valence-corrected chi connectivity index (χ4v) is 3.98. The molecular weight excluding hydrogens is 373 g/mol. The van der Waals surface area contributed by atoms with Gasteiger partial charge in [0, 0.05) is 50.3 Å². The number of allylic oxidation sites excluding steroid dienone is 1. The summed E-state index contributed by atoms with van der Waals surface area (Å²) in [7, 11) is 0. The van der Waals surface area contributed by atoms with Crippen molar-refractivity contribution < 1.29 is 9.18 Å². The maximum atomic E-state index is 14.5. The van der Waals surface area contributed by atoms with Gasteiger partial charge in [-0.3, -0.25) is 4.90 Å². The average Bonchev–Trinajstić information content (AvgIpc) is 3.09. The van der Waals surface area contributed by atoms with Crippen molar-refractivity contribution in [1.82, 2.24) is 29.8 Å². The molecule has 0 saturated carbocycles. The van der Waals surface area contributed by atoms with Crippen LogP contribution in [-0.4, -0.2) is 57.2 Å². The molecule has 0 aliphatic carbocycles. The molecule has 8 nitrogen and oxygen atoms in total. The molecule has 3 aliphatic heterocycles. The molecule has 0 spiro atoms. The van der Waals surface area contributed by atoms with Crippen LogP contribution in [0, 0.1) is 12.7 Å². The molecule has 0 radical (unpaired) electrons. The van der Waals surface area contributed by atoms with Gasteiger partial charge in [0.1, 0.15) is 5.84 Å². The monoisotopic (exact) mass is 395 g/mol. The van der Waals surface area contributed by atoms with Crippen LogP contribution in [0.4, 0.5) is 9.18 Å². The summed E-state index contributed by atoms with van der Waals surface area (Å²) in [5, 5.41) is 6.20. The number of carbonyl (C=O) groups is 1. The van der Waals surface area contributed by atoms with E-state index in [4.69, 9.17) is 0 Å². The molecule has 150 valence electrons. The number of hydrogen-bond acceptors (Lipinski definition) is 5. The Morgan fingerprint density at radius 3 is 2.79 bits per heavy atom. The Balaban J connectivity index is 1.49. The highest BCUT2D eigenvalue weighted by Gasteiger charge is 2.31. The van der Waals surface area contributed by atoms with E-state index in [1.54, 1.807) is 16.8 Å². The van der Waals surface area contributed by atoms with E-state index >= 15 is 0 Å². The second-order valence-corrected chi connectivity index (χ2v) is 7.52. The van der Waals surface area contributed by atoms with E-state index in [9.17, 15) is 9.18 Å². The van der Waals surface area contributed by atoms with Crippen molar-refractivity contribution in [3.8, 4) is 0 Å². The van der Waals surface area contributed by atoms with Gasteiger partial charge in [0.25, 0.3) is 0 Å². The predicted molar refractivity (Wildman–Crippen MR) is 107 cm³/mol. The van der Waals surface area contributed by atoms with E-state index in [1.807, 2.05) is 26.1 Å². The van der Waals surface area contributed by atoms with Gasteiger partial charge in [-0.25, -0.2) is 19.2 Å². The zero-order valence-corrected chi connectivity index (χ0v) is 16.3. The Labute approximate surface area is 167 Å². The molecule has 1 fully saturated rings. The first kappa shape index (κ1) is 17.9. The number of pyridine rings is 1. The molecule has 1 saturated heterocycles. The molecule has 0 aromatic carbocycles. The molecule has 2 aromatic heterocycles. The van der Waals surface area contributed by atoms with E-state index in [-0.39, 0.29) is 11.7 Å². The van der Waals surface area contributed by atoms with E-state index in [2.05, 4.69) is 25.5 Å². The van der Waals surface area contributed by atoms with Crippen LogP contribution in [0.2, 0.25) is 0 Å². The number of amides is 2. The normalized spacial score (nSPS) is 22.1. The maximum Gasteiger partial charge on any atom is 0.329 e. The third kappa shape index (κ3) is 3.07. The topological polar surface area (TPSA) is 77.3 Å². The molecule has 9 heteroatoms. The van der Waals surface area contributed by atoms with Gasteiger partial charge in [-0.1, -0.05) is 0 Å². The number of amidine groups is 1.